The molecule has 4 N–H and O–H groups in total. The van der Waals surface area contributed by atoms with Crippen LogP contribution in [0.5, 0.6) is 0 Å². The first kappa shape index (κ1) is 38.3. The van der Waals surface area contributed by atoms with Crippen LogP contribution < -0.4 is 5.73 Å². The number of ether oxygens (including phenoxy) is 3. The molecule has 5 rings (SSSR count). The van der Waals surface area contributed by atoms with Crippen molar-refractivity contribution in [1.82, 2.24) is 0 Å². The maximum absolute atomic E-state index is 14.1. The summed E-state index contributed by atoms with van der Waals surface area (Å²) in [5, 5.41) is 23.1. The van der Waals surface area contributed by atoms with Crippen molar-refractivity contribution < 1.29 is 38.8 Å². The number of nitrogens with two attached hydrogens (primary N) is 1. The summed E-state index contributed by atoms with van der Waals surface area (Å²) in [6, 6.07) is 7.78. The first-order chi connectivity index (χ1) is 23.3. The molecule has 0 amide bonds. The van der Waals surface area contributed by atoms with Crippen LogP contribution in [0.25, 0.3) is 0 Å². The Kier molecular flexibility index (Phi) is 10.9. The topological polar surface area (TPSA) is 145 Å². The number of nitrogen functional groups attached to an aromatic ring is 1. The Labute approximate surface area is 298 Å². The van der Waals surface area contributed by atoms with Crippen LogP contribution in [-0.2, 0) is 35.0 Å². The molecule has 10 atom stereocenters. The van der Waals surface area contributed by atoms with E-state index in [1.165, 1.54) is 6.92 Å². The maximum atomic E-state index is 14.1. The molecular formula is C41H61NO8. The molecular weight excluding hydrogens is 634 g/mol. The van der Waals surface area contributed by atoms with Crippen LogP contribution in [0.15, 0.2) is 35.4 Å². The van der Waals surface area contributed by atoms with Crippen molar-refractivity contribution in [3.8, 4) is 0 Å². The lowest BCUT2D eigenvalue weighted by Gasteiger charge is -2.69. The molecule has 9 nitrogen and oxygen atoms in total. The molecule has 0 bridgehead atoms. The van der Waals surface area contributed by atoms with Gasteiger partial charge in [0.05, 0.1) is 17.6 Å². The second kappa shape index (κ2) is 14.3. The van der Waals surface area contributed by atoms with Crippen molar-refractivity contribution in [2.24, 2.45) is 45.3 Å². The number of carbonyl (C=O) groups is 3. The molecule has 0 saturated heterocycles. The molecule has 0 spiro atoms. The number of rotatable bonds is 9. The number of benzene rings is 1. The number of esters is 3. The lowest BCUT2D eigenvalue weighted by molar-refractivity contribution is -0.234. The molecule has 1 aromatic rings. The SMILES string of the molecule is CC(=O)O[C@H]1C[C@@]2(C)[C@@H](C[C@@H](O)[C@H]3[C@@]4(C)CC[C@@H](O)[C@@H](C)[C@@H]4CC[C@@]32C)/C1=C(\CCCCc1ccc(N)cc1)C(=O)OCOC(=O)C(C)(C)C. The van der Waals surface area contributed by atoms with Gasteiger partial charge < -0.3 is 30.2 Å². The number of anilines is 1. The zero-order valence-corrected chi connectivity index (χ0v) is 31.6. The van der Waals surface area contributed by atoms with Crippen molar-refractivity contribution >= 4 is 23.6 Å². The highest BCUT2D eigenvalue weighted by Crippen LogP contribution is 2.74. The lowest BCUT2D eigenvalue weighted by atomic mass is 9.36. The van der Waals surface area contributed by atoms with E-state index < -0.39 is 42.3 Å². The molecule has 0 aliphatic heterocycles. The Morgan fingerprint density at radius 1 is 0.940 bits per heavy atom. The number of hydrogen-bond acceptors (Lipinski definition) is 9. The number of unbranched alkanes of at least 4 members (excludes halogenated alkanes) is 1. The van der Waals surface area contributed by atoms with Crippen molar-refractivity contribution in [2.75, 3.05) is 12.5 Å². The summed E-state index contributed by atoms with van der Waals surface area (Å²) in [4.78, 5) is 39.3. The van der Waals surface area contributed by atoms with E-state index in [0.717, 1.165) is 49.7 Å². The largest absolute Gasteiger partial charge is 0.458 e. The average Bonchev–Trinajstić information content (AvgIpc) is 3.30. The fraction of sp³-hybridized carbons (Fsp3) is 0.732. The fourth-order valence-electron chi connectivity index (χ4n) is 11.0. The summed E-state index contributed by atoms with van der Waals surface area (Å²) in [6.45, 7) is 15.2. The zero-order chi connectivity index (χ0) is 36.8. The van der Waals surface area contributed by atoms with Gasteiger partial charge in [0.15, 0.2) is 0 Å². The summed E-state index contributed by atoms with van der Waals surface area (Å²) in [5.41, 5.74) is 7.35. The summed E-state index contributed by atoms with van der Waals surface area (Å²) < 4.78 is 17.1. The van der Waals surface area contributed by atoms with E-state index in [-0.39, 0.29) is 40.1 Å². The minimum absolute atomic E-state index is 0.00519. The highest BCUT2D eigenvalue weighted by molar-refractivity contribution is 5.90. The van der Waals surface area contributed by atoms with E-state index >= 15 is 0 Å². The van der Waals surface area contributed by atoms with E-state index in [1.54, 1.807) is 20.8 Å². The molecule has 4 aliphatic carbocycles. The van der Waals surface area contributed by atoms with Crippen molar-refractivity contribution in [3.05, 3.63) is 41.0 Å². The number of hydrogen-bond donors (Lipinski definition) is 3. The Morgan fingerprint density at radius 2 is 1.62 bits per heavy atom. The number of aliphatic hydroxyl groups is 2. The molecule has 4 saturated carbocycles. The standard InChI is InChI=1S/C41H61NO8/c1-24-29-17-20-40(7)35(39(29,6)19-18-31(24)44)32(45)21-30-34(33(50-25(2)43)22-41(30,40)8)28(36(46)48-23-49-37(47)38(3,4)5)12-10-9-11-26-13-15-27(42)16-14-26/h13-16,24,29-33,35,44-45H,9-12,17-23,42H2,1-8H3/b34-28-/t24-,29-,30-,31+,32+,33-,35-,39-,40-,41-/m0/s1. The van der Waals surface area contributed by atoms with Gasteiger partial charge in [0.25, 0.3) is 0 Å². The average molecular weight is 696 g/mol. The van der Waals surface area contributed by atoms with Crippen LogP contribution in [0, 0.1) is 45.3 Å². The van der Waals surface area contributed by atoms with Gasteiger partial charge in [0.2, 0.25) is 6.79 Å². The Balaban J connectivity index is 1.51. The van der Waals surface area contributed by atoms with Gasteiger partial charge in [-0.15, -0.1) is 0 Å². The molecule has 0 heterocycles. The minimum Gasteiger partial charge on any atom is -0.458 e. The third kappa shape index (κ3) is 6.98. The van der Waals surface area contributed by atoms with E-state index in [4.69, 9.17) is 19.9 Å². The van der Waals surface area contributed by atoms with Crippen molar-refractivity contribution in [1.29, 1.82) is 0 Å². The molecule has 0 unspecified atom stereocenters. The maximum Gasteiger partial charge on any atom is 0.336 e. The van der Waals surface area contributed by atoms with Gasteiger partial charge in [0.1, 0.15) is 6.10 Å². The Morgan fingerprint density at radius 3 is 2.26 bits per heavy atom. The molecule has 278 valence electrons. The molecule has 4 fully saturated rings. The lowest BCUT2D eigenvalue weighted by Crippen LogP contribution is -2.65. The van der Waals surface area contributed by atoms with Gasteiger partial charge in [-0.05, 0) is 148 Å². The van der Waals surface area contributed by atoms with Crippen LogP contribution in [0.3, 0.4) is 0 Å². The van der Waals surface area contributed by atoms with Gasteiger partial charge in [-0.2, -0.15) is 0 Å². The van der Waals surface area contributed by atoms with Gasteiger partial charge in [-0.25, -0.2) is 4.79 Å². The van der Waals surface area contributed by atoms with E-state index in [2.05, 4.69) is 27.7 Å². The summed E-state index contributed by atoms with van der Waals surface area (Å²) in [6.07, 6.45) is 5.50. The van der Waals surface area contributed by atoms with Crippen LogP contribution in [-0.4, -0.2) is 53.2 Å². The highest BCUT2D eigenvalue weighted by atomic mass is 16.7. The van der Waals surface area contributed by atoms with Crippen LogP contribution >= 0.6 is 0 Å². The quantitative estimate of drug-likeness (QED) is 0.0824. The number of aliphatic hydroxyl groups excluding tert-OH is 2. The predicted octanol–water partition coefficient (Wildman–Crippen LogP) is 6.92. The molecule has 0 radical (unpaired) electrons. The highest BCUT2D eigenvalue weighted by Gasteiger charge is 2.70. The van der Waals surface area contributed by atoms with Crippen molar-refractivity contribution in [2.45, 2.75) is 138 Å². The van der Waals surface area contributed by atoms with E-state index in [1.807, 2.05) is 24.3 Å². The van der Waals surface area contributed by atoms with E-state index in [9.17, 15) is 24.6 Å². The van der Waals surface area contributed by atoms with Crippen LogP contribution in [0.2, 0.25) is 0 Å². The predicted molar refractivity (Wildman–Crippen MR) is 191 cm³/mol. The molecule has 4 aliphatic rings. The smallest absolute Gasteiger partial charge is 0.336 e. The minimum atomic E-state index is -0.752. The monoisotopic (exact) mass is 695 g/mol. The molecule has 9 heteroatoms. The van der Waals surface area contributed by atoms with Crippen LogP contribution in [0.1, 0.15) is 119 Å². The van der Waals surface area contributed by atoms with Gasteiger partial charge >= 0.3 is 17.9 Å². The van der Waals surface area contributed by atoms with E-state index in [0.29, 0.717) is 42.9 Å². The number of fused-ring (bicyclic) bond motifs is 5. The first-order valence-corrected chi connectivity index (χ1v) is 18.8. The molecule has 1 aromatic carbocycles. The second-order valence-electron chi connectivity index (χ2n) is 17.7. The third-order valence-corrected chi connectivity index (χ3v) is 13.7. The first-order valence-electron chi connectivity index (χ1n) is 18.8. The Bertz CT molecular complexity index is 1460. The van der Waals surface area contributed by atoms with Gasteiger partial charge in [-0.1, -0.05) is 39.8 Å². The van der Waals surface area contributed by atoms with Crippen LogP contribution in [0.4, 0.5) is 5.69 Å². The molecule has 50 heavy (non-hydrogen) atoms. The zero-order valence-electron chi connectivity index (χ0n) is 31.6. The molecule has 0 aromatic heterocycles. The van der Waals surface area contributed by atoms with Gasteiger partial charge in [-0.3, -0.25) is 9.59 Å². The number of aryl methyl sites for hydroxylation is 1. The summed E-state index contributed by atoms with van der Waals surface area (Å²) in [7, 11) is 0. The second-order valence-corrected chi connectivity index (χ2v) is 17.7. The fourth-order valence-corrected chi connectivity index (χ4v) is 11.0. The number of carbonyl (C=O) groups excluding carboxylic acids is 3. The summed E-state index contributed by atoms with van der Waals surface area (Å²) >= 11 is 0. The third-order valence-electron chi connectivity index (χ3n) is 13.7. The summed E-state index contributed by atoms with van der Waals surface area (Å²) in [5.74, 6) is -1.23. The normalized spacial score (nSPS) is 37.5. The Hall–Kier alpha value is -2.91. The van der Waals surface area contributed by atoms with Gasteiger partial charge in [0, 0.05) is 18.2 Å². The van der Waals surface area contributed by atoms with Crippen molar-refractivity contribution in [3.63, 3.8) is 0 Å².